The molecule has 1 aliphatic heterocycles. The predicted molar refractivity (Wildman–Crippen MR) is 64.6 cm³/mol. The number of benzene rings is 1. The Morgan fingerprint density at radius 2 is 2.19 bits per heavy atom. The number of H-pyrrole nitrogens is 1. The highest BCUT2D eigenvalue weighted by atomic mass is 79.9. The minimum Gasteiger partial charge on any atom is -0.307 e. The highest BCUT2D eigenvalue weighted by molar-refractivity contribution is 9.10. The second-order valence-corrected chi connectivity index (χ2v) is 4.70. The van der Waals surface area contributed by atoms with Crippen molar-refractivity contribution in [3.05, 3.63) is 50.3 Å². The van der Waals surface area contributed by atoms with Gasteiger partial charge in [-0.2, -0.15) is 0 Å². The molecule has 0 amide bonds. The number of aromatic nitrogens is 2. The largest absolute Gasteiger partial charge is 0.307 e. The molecular formula is C11H10BrN3O. The van der Waals surface area contributed by atoms with Gasteiger partial charge in [0.15, 0.2) is 0 Å². The Balaban J connectivity index is 2.21. The maximum Gasteiger partial charge on any atom is 0.269 e. The number of aromatic amines is 1. The van der Waals surface area contributed by atoms with Crippen LogP contribution in [-0.2, 0) is 13.1 Å². The number of fused-ring (bicyclic) bond motifs is 1. The zero-order valence-corrected chi connectivity index (χ0v) is 10.0. The molecule has 1 aromatic carbocycles. The summed E-state index contributed by atoms with van der Waals surface area (Å²) in [5.74, 6) is 0. The molecule has 0 saturated heterocycles. The first-order valence-electron chi connectivity index (χ1n) is 5.05. The van der Waals surface area contributed by atoms with Crippen LogP contribution in [0, 0.1) is 0 Å². The zero-order valence-electron chi connectivity index (χ0n) is 8.46. The Morgan fingerprint density at radius 3 is 3.00 bits per heavy atom. The number of nitrogens with one attached hydrogen (secondary N) is 2. The molecule has 4 nitrogen and oxygen atoms in total. The van der Waals surface area contributed by atoms with Crippen LogP contribution in [0.2, 0.25) is 0 Å². The molecule has 1 aromatic heterocycles. The average Bonchev–Trinajstić information content (AvgIpc) is 2.83. The first-order valence-corrected chi connectivity index (χ1v) is 5.84. The Bertz CT molecular complexity index is 600. The third-order valence-corrected chi connectivity index (χ3v) is 3.26. The number of hydrogen-bond donors (Lipinski definition) is 2. The fourth-order valence-electron chi connectivity index (χ4n) is 2.01. The van der Waals surface area contributed by atoms with Gasteiger partial charge in [-0.25, -0.2) is 0 Å². The predicted octanol–water partition coefficient (Wildman–Crippen LogP) is 1.53. The third kappa shape index (κ3) is 1.44. The van der Waals surface area contributed by atoms with Crippen LogP contribution in [0.25, 0.3) is 5.69 Å². The van der Waals surface area contributed by atoms with Gasteiger partial charge in [0.2, 0.25) is 0 Å². The van der Waals surface area contributed by atoms with Crippen molar-refractivity contribution in [2.24, 2.45) is 0 Å². The number of nitrogens with zero attached hydrogens (tertiary/aromatic N) is 1. The van der Waals surface area contributed by atoms with Gasteiger partial charge in [0.25, 0.3) is 5.56 Å². The van der Waals surface area contributed by atoms with Crippen molar-refractivity contribution in [3.8, 4) is 5.69 Å². The molecule has 0 bridgehead atoms. The molecular weight excluding hydrogens is 270 g/mol. The monoisotopic (exact) mass is 279 g/mol. The second kappa shape index (κ2) is 3.61. The van der Waals surface area contributed by atoms with Gasteiger partial charge in [-0.05, 0) is 18.2 Å². The summed E-state index contributed by atoms with van der Waals surface area (Å²) in [5.41, 5.74) is 2.85. The summed E-state index contributed by atoms with van der Waals surface area (Å²) in [6.45, 7) is 1.40. The Morgan fingerprint density at radius 1 is 1.31 bits per heavy atom. The molecule has 0 atom stereocenters. The number of rotatable bonds is 1. The van der Waals surface area contributed by atoms with Gasteiger partial charge in [0.1, 0.15) is 0 Å². The lowest BCUT2D eigenvalue weighted by Gasteiger charge is -2.06. The van der Waals surface area contributed by atoms with Crippen molar-refractivity contribution in [1.29, 1.82) is 0 Å². The van der Waals surface area contributed by atoms with Gasteiger partial charge in [0.05, 0.1) is 16.9 Å². The Labute approximate surface area is 100 Å². The molecule has 0 aliphatic carbocycles. The van der Waals surface area contributed by atoms with Crippen LogP contribution in [0.15, 0.2) is 33.5 Å². The molecule has 5 heteroatoms. The van der Waals surface area contributed by atoms with Gasteiger partial charge < -0.3 is 5.32 Å². The lowest BCUT2D eigenvalue weighted by molar-refractivity contribution is 0.704. The Hall–Kier alpha value is -1.33. The van der Waals surface area contributed by atoms with Crippen LogP contribution in [0.4, 0.5) is 0 Å². The minimum absolute atomic E-state index is 0.0000227. The van der Waals surface area contributed by atoms with E-state index in [0.29, 0.717) is 6.54 Å². The van der Waals surface area contributed by atoms with Crippen molar-refractivity contribution in [2.45, 2.75) is 13.1 Å². The summed E-state index contributed by atoms with van der Waals surface area (Å²) in [7, 11) is 0. The zero-order chi connectivity index (χ0) is 11.1. The lowest BCUT2D eigenvalue weighted by Crippen LogP contribution is -2.13. The SMILES string of the molecule is O=c1[nH]n(-c2cccc(Br)c2)c2c1CNC2. The average molecular weight is 280 g/mol. The lowest BCUT2D eigenvalue weighted by atomic mass is 10.3. The fourth-order valence-corrected chi connectivity index (χ4v) is 2.40. The van der Waals surface area contributed by atoms with Crippen LogP contribution < -0.4 is 10.9 Å². The summed E-state index contributed by atoms with van der Waals surface area (Å²) in [6, 6.07) is 7.87. The van der Waals surface area contributed by atoms with E-state index in [-0.39, 0.29) is 5.56 Å². The molecule has 2 heterocycles. The van der Waals surface area contributed by atoms with E-state index >= 15 is 0 Å². The van der Waals surface area contributed by atoms with Crippen LogP contribution in [0.3, 0.4) is 0 Å². The highest BCUT2D eigenvalue weighted by Crippen LogP contribution is 2.19. The fraction of sp³-hybridized carbons (Fsp3) is 0.182. The molecule has 1 aliphatic rings. The molecule has 0 unspecified atom stereocenters. The molecule has 0 spiro atoms. The maximum atomic E-state index is 11.7. The van der Waals surface area contributed by atoms with E-state index in [1.807, 2.05) is 28.9 Å². The van der Waals surface area contributed by atoms with Gasteiger partial charge in [-0.1, -0.05) is 22.0 Å². The van der Waals surface area contributed by atoms with E-state index in [1.165, 1.54) is 0 Å². The van der Waals surface area contributed by atoms with Crippen molar-refractivity contribution in [3.63, 3.8) is 0 Å². The molecule has 16 heavy (non-hydrogen) atoms. The van der Waals surface area contributed by atoms with Crippen molar-refractivity contribution < 1.29 is 0 Å². The van der Waals surface area contributed by atoms with E-state index in [2.05, 4.69) is 26.3 Å². The van der Waals surface area contributed by atoms with Gasteiger partial charge in [0, 0.05) is 17.6 Å². The third-order valence-electron chi connectivity index (χ3n) is 2.77. The minimum atomic E-state index is -0.0000227. The van der Waals surface area contributed by atoms with Crippen molar-refractivity contribution in [2.75, 3.05) is 0 Å². The van der Waals surface area contributed by atoms with Gasteiger partial charge >= 0.3 is 0 Å². The normalized spacial score (nSPS) is 14.1. The molecule has 2 aromatic rings. The first kappa shape index (κ1) is 9.86. The standard InChI is InChI=1S/C11H10BrN3O/c12-7-2-1-3-8(4-7)15-10-6-13-5-9(10)11(16)14-15/h1-4,13H,5-6H2,(H,14,16). The van der Waals surface area contributed by atoms with Gasteiger partial charge in [-0.15, -0.1) is 0 Å². The second-order valence-electron chi connectivity index (χ2n) is 3.79. The van der Waals surface area contributed by atoms with E-state index in [9.17, 15) is 4.79 Å². The molecule has 0 saturated carbocycles. The summed E-state index contributed by atoms with van der Waals surface area (Å²) in [5, 5.41) is 6.04. The van der Waals surface area contributed by atoms with Gasteiger partial charge in [-0.3, -0.25) is 14.6 Å². The molecule has 3 rings (SSSR count). The van der Waals surface area contributed by atoms with Crippen LogP contribution in [0.5, 0.6) is 0 Å². The maximum absolute atomic E-state index is 11.7. The quantitative estimate of drug-likeness (QED) is 0.832. The number of halogens is 1. The molecule has 0 radical (unpaired) electrons. The van der Waals surface area contributed by atoms with E-state index in [4.69, 9.17) is 0 Å². The molecule has 82 valence electrons. The topological polar surface area (TPSA) is 49.8 Å². The summed E-state index contributed by atoms with van der Waals surface area (Å²) in [4.78, 5) is 11.7. The molecule has 0 fully saturated rings. The van der Waals surface area contributed by atoms with Crippen LogP contribution in [-0.4, -0.2) is 9.78 Å². The van der Waals surface area contributed by atoms with Crippen LogP contribution >= 0.6 is 15.9 Å². The van der Waals surface area contributed by atoms with E-state index < -0.39 is 0 Å². The van der Waals surface area contributed by atoms with Crippen molar-refractivity contribution in [1.82, 2.24) is 15.1 Å². The van der Waals surface area contributed by atoms with E-state index in [0.717, 1.165) is 28.0 Å². The van der Waals surface area contributed by atoms with Crippen LogP contribution in [0.1, 0.15) is 11.3 Å². The Kier molecular flexibility index (Phi) is 2.22. The number of hydrogen-bond acceptors (Lipinski definition) is 2. The van der Waals surface area contributed by atoms with E-state index in [1.54, 1.807) is 0 Å². The van der Waals surface area contributed by atoms with Crippen molar-refractivity contribution >= 4 is 15.9 Å². The first-order chi connectivity index (χ1) is 7.75. The summed E-state index contributed by atoms with van der Waals surface area (Å²) < 4.78 is 2.85. The smallest absolute Gasteiger partial charge is 0.269 e. The summed E-state index contributed by atoms with van der Waals surface area (Å²) in [6.07, 6.45) is 0. The highest BCUT2D eigenvalue weighted by Gasteiger charge is 2.20. The summed E-state index contributed by atoms with van der Waals surface area (Å²) >= 11 is 3.43. The molecule has 2 N–H and O–H groups in total.